The highest BCUT2D eigenvalue weighted by molar-refractivity contribution is 6.23. The van der Waals surface area contributed by atoms with E-state index in [-0.39, 0.29) is 5.78 Å². The molecule has 28 heavy (non-hydrogen) atoms. The van der Waals surface area contributed by atoms with Crippen molar-refractivity contribution >= 4 is 17.4 Å². The Hall–Kier alpha value is -3.34. The van der Waals surface area contributed by atoms with Gasteiger partial charge < -0.3 is 14.8 Å². The van der Waals surface area contributed by atoms with Gasteiger partial charge in [0, 0.05) is 28.3 Å². The van der Waals surface area contributed by atoms with E-state index < -0.39 is 11.9 Å². The van der Waals surface area contributed by atoms with Crippen LogP contribution < -0.4 is 10.1 Å². The molecule has 0 bridgehead atoms. The number of hydrogen-bond donors (Lipinski definition) is 1. The van der Waals surface area contributed by atoms with Gasteiger partial charge in [0.05, 0.1) is 25.0 Å². The summed E-state index contributed by atoms with van der Waals surface area (Å²) in [6.45, 7) is 4.33. The third-order valence-corrected chi connectivity index (χ3v) is 5.18. The Bertz CT molecular complexity index is 1030. The largest absolute Gasteiger partial charge is 0.494 e. The average Bonchev–Trinajstić information content (AvgIpc) is 2.99. The standard InChI is InChI=1S/C23H21NO4/c1-4-28-15-11-9-14(10-12-15)19-18(23(26)27-3)13(2)24-21-16-7-5-6-8-17(16)22(25)20(19)21/h5-12,19,24H,4H2,1-3H3/t19-/m1/s1. The number of rotatable bonds is 4. The molecule has 0 unspecified atom stereocenters. The molecule has 1 aliphatic carbocycles. The van der Waals surface area contributed by atoms with E-state index in [9.17, 15) is 9.59 Å². The number of ketones is 1. The van der Waals surface area contributed by atoms with Gasteiger partial charge in [-0.25, -0.2) is 4.79 Å². The van der Waals surface area contributed by atoms with E-state index in [1.165, 1.54) is 7.11 Å². The van der Waals surface area contributed by atoms with Gasteiger partial charge in [-0.3, -0.25) is 4.79 Å². The molecule has 2 aliphatic rings. The molecule has 142 valence electrons. The molecule has 0 radical (unpaired) electrons. The van der Waals surface area contributed by atoms with Gasteiger partial charge in [0.25, 0.3) is 0 Å². The lowest BCUT2D eigenvalue weighted by Crippen LogP contribution is -2.29. The van der Waals surface area contributed by atoms with Crippen LogP contribution in [-0.2, 0) is 9.53 Å². The van der Waals surface area contributed by atoms with Gasteiger partial charge in [0.15, 0.2) is 5.78 Å². The van der Waals surface area contributed by atoms with Crippen LogP contribution >= 0.6 is 0 Å². The fourth-order valence-corrected chi connectivity index (χ4v) is 3.97. The van der Waals surface area contributed by atoms with Crippen LogP contribution in [0.15, 0.2) is 65.4 Å². The first kappa shape index (κ1) is 18.0. The van der Waals surface area contributed by atoms with Crippen molar-refractivity contribution in [3.63, 3.8) is 0 Å². The van der Waals surface area contributed by atoms with E-state index >= 15 is 0 Å². The Morgan fingerprint density at radius 1 is 1.07 bits per heavy atom. The minimum absolute atomic E-state index is 0.0640. The van der Waals surface area contributed by atoms with Crippen molar-refractivity contribution in [2.75, 3.05) is 13.7 Å². The molecule has 0 amide bonds. The quantitative estimate of drug-likeness (QED) is 0.823. The highest BCUT2D eigenvalue weighted by Gasteiger charge is 2.42. The van der Waals surface area contributed by atoms with Crippen LogP contribution in [-0.4, -0.2) is 25.5 Å². The number of nitrogens with one attached hydrogen (secondary N) is 1. The lowest BCUT2D eigenvalue weighted by Gasteiger charge is -2.29. The number of dihydropyridines is 1. The molecule has 1 atom stereocenters. The van der Waals surface area contributed by atoms with E-state index in [1.807, 2.05) is 62.4 Å². The van der Waals surface area contributed by atoms with Gasteiger partial charge >= 0.3 is 5.97 Å². The van der Waals surface area contributed by atoms with Crippen LogP contribution in [0.25, 0.3) is 5.70 Å². The first-order valence-electron chi connectivity index (χ1n) is 9.24. The fraction of sp³-hybridized carbons (Fsp3) is 0.217. The molecule has 0 fully saturated rings. The Morgan fingerprint density at radius 3 is 2.39 bits per heavy atom. The van der Waals surface area contributed by atoms with Gasteiger partial charge in [-0.2, -0.15) is 0 Å². The number of esters is 1. The summed E-state index contributed by atoms with van der Waals surface area (Å²) in [5.41, 5.74) is 4.84. The number of carbonyl (C=O) groups excluding carboxylic acids is 2. The number of fused-ring (bicyclic) bond motifs is 2. The lowest BCUT2D eigenvalue weighted by molar-refractivity contribution is -0.136. The van der Waals surface area contributed by atoms with Crippen molar-refractivity contribution in [3.8, 4) is 5.75 Å². The molecule has 0 saturated heterocycles. The monoisotopic (exact) mass is 375 g/mol. The second kappa shape index (κ2) is 7.00. The summed E-state index contributed by atoms with van der Waals surface area (Å²) >= 11 is 0. The smallest absolute Gasteiger partial charge is 0.336 e. The number of ether oxygens (including phenoxy) is 2. The van der Waals surface area contributed by atoms with E-state index in [0.29, 0.717) is 29.0 Å². The SMILES string of the molecule is CCOc1ccc([C@@H]2C(C(=O)OC)=C(C)NC3=C2C(=O)c2ccccc23)cc1. The first-order valence-corrected chi connectivity index (χ1v) is 9.24. The predicted octanol–water partition coefficient (Wildman–Crippen LogP) is 3.83. The summed E-state index contributed by atoms with van der Waals surface area (Å²) in [6, 6.07) is 15.0. The van der Waals surface area contributed by atoms with Gasteiger partial charge in [-0.1, -0.05) is 36.4 Å². The van der Waals surface area contributed by atoms with Gasteiger partial charge in [-0.15, -0.1) is 0 Å². The van der Waals surface area contributed by atoms with E-state index in [1.54, 1.807) is 0 Å². The topological polar surface area (TPSA) is 64.6 Å². The van der Waals surface area contributed by atoms with Crippen molar-refractivity contribution in [1.82, 2.24) is 5.32 Å². The lowest BCUT2D eigenvalue weighted by atomic mass is 9.80. The van der Waals surface area contributed by atoms with E-state index in [2.05, 4.69) is 5.32 Å². The maximum Gasteiger partial charge on any atom is 0.336 e. The molecule has 0 saturated carbocycles. The van der Waals surface area contributed by atoms with Crippen LogP contribution in [0.2, 0.25) is 0 Å². The highest BCUT2D eigenvalue weighted by Crippen LogP contribution is 2.46. The van der Waals surface area contributed by atoms with Gasteiger partial charge in [-0.05, 0) is 31.5 Å². The van der Waals surface area contributed by atoms with Crippen LogP contribution in [0.5, 0.6) is 5.75 Å². The van der Waals surface area contributed by atoms with E-state index in [4.69, 9.17) is 9.47 Å². The van der Waals surface area contributed by atoms with E-state index in [0.717, 1.165) is 22.6 Å². The Morgan fingerprint density at radius 2 is 1.75 bits per heavy atom. The molecule has 2 aromatic carbocycles. The van der Waals surface area contributed by atoms with Crippen molar-refractivity contribution in [3.05, 3.63) is 82.1 Å². The Kier molecular flexibility index (Phi) is 4.51. The molecule has 4 rings (SSSR count). The maximum absolute atomic E-state index is 13.3. The summed E-state index contributed by atoms with van der Waals surface area (Å²) in [6.07, 6.45) is 0. The second-order valence-electron chi connectivity index (χ2n) is 6.75. The number of carbonyl (C=O) groups is 2. The second-order valence-corrected chi connectivity index (χ2v) is 6.75. The van der Waals surface area contributed by atoms with Crippen molar-refractivity contribution in [2.24, 2.45) is 0 Å². The zero-order valence-electron chi connectivity index (χ0n) is 16.0. The molecule has 5 heteroatoms. The summed E-state index contributed by atoms with van der Waals surface area (Å²) in [7, 11) is 1.35. The van der Waals surface area contributed by atoms with Crippen LogP contribution in [0.3, 0.4) is 0 Å². The zero-order chi connectivity index (χ0) is 19.8. The molecule has 1 N–H and O–H groups in total. The molecule has 1 heterocycles. The van der Waals surface area contributed by atoms with Crippen molar-refractivity contribution in [2.45, 2.75) is 19.8 Å². The molecule has 0 aromatic heterocycles. The summed E-state index contributed by atoms with van der Waals surface area (Å²) in [5, 5.41) is 3.27. The third-order valence-electron chi connectivity index (χ3n) is 5.18. The molecular weight excluding hydrogens is 354 g/mol. The highest BCUT2D eigenvalue weighted by atomic mass is 16.5. The molecule has 5 nitrogen and oxygen atoms in total. The first-order chi connectivity index (χ1) is 13.6. The summed E-state index contributed by atoms with van der Waals surface area (Å²) < 4.78 is 10.6. The minimum Gasteiger partial charge on any atom is -0.494 e. The molecule has 0 spiro atoms. The third kappa shape index (κ3) is 2.71. The summed E-state index contributed by atoms with van der Waals surface area (Å²) in [5.74, 6) is -0.264. The number of methoxy groups -OCH3 is 1. The molecule has 2 aromatic rings. The number of allylic oxidation sites excluding steroid dienone is 2. The minimum atomic E-state index is -0.501. The predicted molar refractivity (Wildman–Crippen MR) is 106 cm³/mol. The molecule has 1 aliphatic heterocycles. The van der Waals surface area contributed by atoms with Crippen LogP contribution in [0.1, 0.15) is 41.3 Å². The number of hydrogen-bond acceptors (Lipinski definition) is 5. The van der Waals surface area contributed by atoms with Crippen LogP contribution in [0, 0.1) is 0 Å². The number of benzene rings is 2. The fourth-order valence-electron chi connectivity index (χ4n) is 3.97. The maximum atomic E-state index is 13.3. The number of Topliss-reactive ketones (excluding diaryl/α,β-unsaturated/α-hetero) is 1. The Labute approximate surface area is 163 Å². The summed E-state index contributed by atoms with van der Waals surface area (Å²) in [4.78, 5) is 25.9. The van der Waals surface area contributed by atoms with Gasteiger partial charge in [0.2, 0.25) is 0 Å². The zero-order valence-corrected chi connectivity index (χ0v) is 16.0. The Balaban J connectivity index is 1.88. The normalized spacial score (nSPS) is 17.8. The molecular formula is C23H21NO4. The average molecular weight is 375 g/mol. The van der Waals surface area contributed by atoms with Gasteiger partial charge in [0.1, 0.15) is 5.75 Å². The van der Waals surface area contributed by atoms with Crippen molar-refractivity contribution < 1.29 is 19.1 Å². The van der Waals surface area contributed by atoms with Crippen molar-refractivity contribution in [1.29, 1.82) is 0 Å². The van der Waals surface area contributed by atoms with Crippen LogP contribution in [0.4, 0.5) is 0 Å².